The van der Waals surface area contributed by atoms with Gasteiger partial charge in [-0.2, -0.15) is 0 Å². The van der Waals surface area contributed by atoms with Crippen LogP contribution in [0.2, 0.25) is 0 Å². The Kier molecular flexibility index (Phi) is 7.21. The van der Waals surface area contributed by atoms with E-state index in [0.29, 0.717) is 13.0 Å². The highest BCUT2D eigenvalue weighted by molar-refractivity contribution is 5.97. The topological polar surface area (TPSA) is 58.6 Å². The number of hydrogen-bond acceptors (Lipinski definition) is 3. The fourth-order valence-corrected chi connectivity index (χ4v) is 2.74. The number of aryl methyl sites for hydroxylation is 1. The summed E-state index contributed by atoms with van der Waals surface area (Å²) in [5.74, 6) is 0.465. The van der Waals surface area contributed by atoms with Crippen molar-refractivity contribution in [2.45, 2.75) is 26.7 Å². The van der Waals surface area contributed by atoms with Gasteiger partial charge in [0.1, 0.15) is 12.3 Å². The van der Waals surface area contributed by atoms with Crippen molar-refractivity contribution in [2.24, 2.45) is 0 Å². The van der Waals surface area contributed by atoms with Crippen LogP contribution in [0.5, 0.6) is 5.75 Å². The van der Waals surface area contributed by atoms with Crippen LogP contribution in [0.15, 0.2) is 48.5 Å². The van der Waals surface area contributed by atoms with Gasteiger partial charge in [-0.1, -0.05) is 37.3 Å². The molecule has 5 heteroatoms. The summed E-state index contributed by atoms with van der Waals surface area (Å²) in [4.78, 5) is 25.7. The highest BCUT2D eigenvalue weighted by Gasteiger charge is 2.15. The smallest absolute Gasteiger partial charge is 0.240 e. The number of nitrogens with one attached hydrogen (secondary N) is 1. The second-order valence-electron chi connectivity index (χ2n) is 6.04. The van der Waals surface area contributed by atoms with Gasteiger partial charge in [0, 0.05) is 19.2 Å². The zero-order valence-corrected chi connectivity index (χ0v) is 15.6. The molecule has 2 aromatic rings. The van der Waals surface area contributed by atoms with E-state index in [9.17, 15) is 9.59 Å². The van der Waals surface area contributed by atoms with Gasteiger partial charge in [-0.3, -0.25) is 9.59 Å². The summed E-state index contributed by atoms with van der Waals surface area (Å²) in [5, 5.41) is 2.87. The van der Waals surface area contributed by atoms with Crippen molar-refractivity contribution in [1.29, 1.82) is 0 Å². The average Bonchev–Trinajstić information content (AvgIpc) is 2.66. The van der Waals surface area contributed by atoms with Crippen molar-refractivity contribution in [2.75, 3.05) is 25.1 Å². The maximum Gasteiger partial charge on any atom is 0.240 e. The van der Waals surface area contributed by atoms with Gasteiger partial charge in [0.25, 0.3) is 0 Å². The summed E-state index contributed by atoms with van der Waals surface area (Å²) in [6.07, 6.45) is 1.60. The molecular formula is C21H26N2O3. The molecular weight excluding hydrogens is 328 g/mol. The minimum atomic E-state index is -0.185. The first-order valence-electron chi connectivity index (χ1n) is 8.80. The van der Waals surface area contributed by atoms with Gasteiger partial charge in [-0.05, 0) is 42.2 Å². The van der Waals surface area contributed by atoms with E-state index >= 15 is 0 Å². The third-order valence-corrected chi connectivity index (χ3v) is 4.25. The molecule has 2 aromatic carbocycles. The van der Waals surface area contributed by atoms with Crippen LogP contribution in [0.4, 0.5) is 5.69 Å². The fraction of sp³-hybridized carbons (Fsp3) is 0.333. The van der Waals surface area contributed by atoms with Crippen molar-refractivity contribution < 1.29 is 14.3 Å². The molecule has 0 aliphatic carbocycles. The molecule has 0 fully saturated rings. The largest absolute Gasteiger partial charge is 0.496 e. The molecule has 0 bridgehead atoms. The highest BCUT2D eigenvalue weighted by atomic mass is 16.5. The summed E-state index contributed by atoms with van der Waals surface area (Å²) in [6, 6.07) is 15.4. The van der Waals surface area contributed by atoms with Crippen LogP contribution in [-0.4, -0.2) is 32.0 Å². The molecule has 0 aliphatic rings. The van der Waals surface area contributed by atoms with Crippen molar-refractivity contribution in [3.05, 3.63) is 59.7 Å². The Labute approximate surface area is 155 Å². The zero-order chi connectivity index (χ0) is 18.9. The van der Waals surface area contributed by atoms with E-state index < -0.39 is 0 Å². The molecule has 0 spiro atoms. The third kappa shape index (κ3) is 5.34. The van der Waals surface area contributed by atoms with Crippen molar-refractivity contribution in [1.82, 2.24) is 5.32 Å². The van der Waals surface area contributed by atoms with Crippen LogP contribution in [0.1, 0.15) is 25.0 Å². The van der Waals surface area contributed by atoms with Crippen molar-refractivity contribution in [3.63, 3.8) is 0 Å². The van der Waals surface area contributed by atoms with Gasteiger partial charge >= 0.3 is 0 Å². The van der Waals surface area contributed by atoms with Crippen LogP contribution in [0, 0.1) is 0 Å². The molecule has 0 aromatic heterocycles. The predicted octanol–water partition coefficient (Wildman–Crippen LogP) is 2.97. The number of ether oxygens (including phenoxy) is 1. The van der Waals surface area contributed by atoms with Gasteiger partial charge in [0.15, 0.2) is 0 Å². The number of carbonyl (C=O) groups is 2. The molecule has 0 saturated carbocycles. The Morgan fingerprint density at radius 2 is 1.77 bits per heavy atom. The number of nitrogens with zero attached hydrogens (tertiary/aromatic N) is 1. The van der Waals surface area contributed by atoms with E-state index in [0.717, 1.165) is 23.4 Å². The quantitative estimate of drug-likeness (QED) is 0.793. The summed E-state index contributed by atoms with van der Waals surface area (Å²) in [6.45, 7) is 4.04. The third-order valence-electron chi connectivity index (χ3n) is 4.25. The first-order chi connectivity index (χ1) is 12.5. The van der Waals surface area contributed by atoms with E-state index in [-0.39, 0.29) is 18.4 Å². The number of methoxy groups -OCH3 is 1. The lowest BCUT2D eigenvalue weighted by molar-refractivity contribution is -0.123. The predicted molar refractivity (Wildman–Crippen MR) is 104 cm³/mol. The van der Waals surface area contributed by atoms with Crippen LogP contribution in [0.3, 0.4) is 0 Å². The zero-order valence-electron chi connectivity index (χ0n) is 15.6. The van der Waals surface area contributed by atoms with E-state index in [2.05, 4.69) is 12.2 Å². The lowest BCUT2D eigenvalue weighted by Gasteiger charge is -2.21. The van der Waals surface area contributed by atoms with Gasteiger partial charge in [-0.15, -0.1) is 0 Å². The number of para-hydroxylation sites is 1. The molecule has 2 amide bonds. The minimum Gasteiger partial charge on any atom is -0.496 e. The molecule has 0 saturated heterocycles. The summed E-state index contributed by atoms with van der Waals surface area (Å²) < 4.78 is 5.31. The molecule has 26 heavy (non-hydrogen) atoms. The Balaban J connectivity index is 1.92. The summed E-state index contributed by atoms with van der Waals surface area (Å²) in [7, 11) is 1.63. The molecule has 0 heterocycles. The maximum atomic E-state index is 12.3. The van der Waals surface area contributed by atoms with Crippen molar-refractivity contribution in [3.8, 4) is 5.75 Å². The van der Waals surface area contributed by atoms with Crippen LogP contribution in [-0.2, 0) is 22.4 Å². The SMILES string of the molecule is CCc1ccc(N(CC(=O)NCCc2ccccc2OC)C(C)=O)cc1. The van der Waals surface area contributed by atoms with Gasteiger partial charge in [0.2, 0.25) is 11.8 Å². The second kappa shape index (κ2) is 9.61. The molecule has 0 aliphatic heterocycles. The van der Waals surface area contributed by atoms with E-state index in [4.69, 9.17) is 4.74 Å². The van der Waals surface area contributed by atoms with Gasteiger partial charge in [0.05, 0.1) is 7.11 Å². The summed E-state index contributed by atoms with van der Waals surface area (Å²) >= 11 is 0. The first kappa shape index (κ1) is 19.5. The molecule has 1 N–H and O–H groups in total. The molecule has 0 radical (unpaired) electrons. The minimum absolute atomic E-state index is 0.00668. The van der Waals surface area contributed by atoms with Crippen LogP contribution in [0.25, 0.3) is 0 Å². The van der Waals surface area contributed by atoms with E-state index in [1.54, 1.807) is 7.11 Å². The molecule has 2 rings (SSSR count). The Morgan fingerprint density at radius 1 is 1.08 bits per heavy atom. The summed E-state index contributed by atoms with van der Waals surface area (Å²) in [5.41, 5.74) is 2.96. The van der Waals surface area contributed by atoms with Gasteiger partial charge in [-0.25, -0.2) is 0 Å². The number of anilines is 1. The Morgan fingerprint density at radius 3 is 2.38 bits per heavy atom. The highest BCUT2D eigenvalue weighted by Crippen LogP contribution is 2.18. The maximum absolute atomic E-state index is 12.3. The number of rotatable bonds is 8. The Bertz CT molecular complexity index is 741. The van der Waals surface area contributed by atoms with Gasteiger partial charge < -0.3 is 15.0 Å². The molecule has 138 valence electrons. The number of amides is 2. The molecule has 5 nitrogen and oxygen atoms in total. The van der Waals surface area contributed by atoms with E-state index in [1.165, 1.54) is 17.4 Å². The lowest BCUT2D eigenvalue weighted by Crippen LogP contribution is -2.40. The normalized spacial score (nSPS) is 10.3. The standard InChI is InChI=1S/C21H26N2O3/c1-4-17-9-11-19(12-10-17)23(16(2)24)15-21(25)22-14-13-18-7-5-6-8-20(18)26-3/h5-12H,4,13-15H2,1-3H3,(H,22,25). The lowest BCUT2D eigenvalue weighted by atomic mass is 10.1. The molecule has 0 atom stereocenters. The molecule has 0 unspecified atom stereocenters. The monoisotopic (exact) mass is 354 g/mol. The Hall–Kier alpha value is -2.82. The number of benzene rings is 2. The second-order valence-corrected chi connectivity index (χ2v) is 6.04. The van der Waals surface area contributed by atoms with Crippen LogP contribution >= 0.6 is 0 Å². The first-order valence-corrected chi connectivity index (χ1v) is 8.80. The van der Waals surface area contributed by atoms with E-state index in [1.807, 2.05) is 48.5 Å². The number of hydrogen-bond donors (Lipinski definition) is 1. The van der Waals surface area contributed by atoms with Crippen molar-refractivity contribution >= 4 is 17.5 Å². The fourth-order valence-electron chi connectivity index (χ4n) is 2.74. The van der Waals surface area contributed by atoms with Crippen LogP contribution < -0.4 is 15.0 Å². The number of carbonyl (C=O) groups excluding carboxylic acids is 2. The average molecular weight is 354 g/mol.